The molecule has 1 saturated carbocycles. The van der Waals surface area contributed by atoms with Gasteiger partial charge in [0.25, 0.3) is 0 Å². The Morgan fingerprint density at radius 1 is 1.28 bits per heavy atom. The van der Waals surface area contributed by atoms with Crippen molar-refractivity contribution in [3.8, 4) is 11.6 Å². The van der Waals surface area contributed by atoms with Crippen LogP contribution < -0.4 is 5.73 Å². The Bertz CT molecular complexity index is 498. The molecule has 0 aromatic carbocycles. The van der Waals surface area contributed by atoms with E-state index in [0.29, 0.717) is 24.0 Å². The Labute approximate surface area is 105 Å². The first-order valence-electron chi connectivity index (χ1n) is 6.42. The Morgan fingerprint density at radius 3 is 2.78 bits per heavy atom. The average molecular weight is 247 g/mol. The molecule has 96 valence electrons. The standard InChI is InChI=1S/C13H17N3O2/c14-9-13(6-2-1-3-7-13)12-15-11(16-18-12)10-5-4-8-17-10/h4-5,8H,1-3,6-7,9,14H2. The lowest BCUT2D eigenvalue weighted by Crippen LogP contribution is -2.37. The number of nitrogens with zero attached hydrogens (tertiary/aromatic N) is 2. The zero-order chi connectivity index (χ0) is 12.4. The fourth-order valence-corrected chi connectivity index (χ4v) is 2.68. The maximum atomic E-state index is 5.95. The van der Waals surface area contributed by atoms with Crippen LogP contribution in [0.3, 0.4) is 0 Å². The van der Waals surface area contributed by atoms with Crippen molar-refractivity contribution in [2.75, 3.05) is 6.54 Å². The molecular formula is C13H17N3O2. The molecule has 1 aliphatic rings. The lowest BCUT2D eigenvalue weighted by atomic mass is 9.74. The summed E-state index contributed by atoms with van der Waals surface area (Å²) in [6, 6.07) is 3.63. The third kappa shape index (κ3) is 1.84. The minimum Gasteiger partial charge on any atom is -0.461 e. The third-order valence-corrected chi connectivity index (χ3v) is 3.82. The predicted molar refractivity (Wildman–Crippen MR) is 65.8 cm³/mol. The van der Waals surface area contributed by atoms with Crippen molar-refractivity contribution >= 4 is 0 Å². The number of rotatable bonds is 3. The second-order valence-electron chi connectivity index (χ2n) is 4.95. The molecule has 0 unspecified atom stereocenters. The molecule has 2 N–H and O–H groups in total. The number of hydrogen-bond donors (Lipinski definition) is 1. The average Bonchev–Trinajstić information content (AvgIpc) is 3.10. The van der Waals surface area contributed by atoms with Crippen molar-refractivity contribution in [1.82, 2.24) is 10.1 Å². The van der Waals surface area contributed by atoms with E-state index in [4.69, 9.17) is 14.7 Å². The molecule has 0 spiro atoms. The zero-order valence-electron chi connectivity index (χ0n) is 10.3. The topological polar surface area (TPSA) is 78.1 Å². The van der Waals surface area contributed by atoms with Gasteiger partial charge in [0.2, 0.25) is 11.7 Å². The quantitative estimate of drug-likeness (QED) is 0.901. The maximum absolute atomic E-state index is 5.95. The van der Waals surface area contributed by atoms with Crippen LogP contribution in [0, 0.1) is 0 Å². The monoisotopic (exact) mass is 247 g/mol. The van der Waals surface area contributed by atoms with E-state index in [-0.39, 0.29) is 5.41 Å². The summed E-state index contributed by atoms with van der Waals surface area (Å²) >= 11 is 0. The number of furan rings is 1. The molecule has 0 aliphatic heterocycles. The SMILES string of the molecule is NCC1(c2nc(-c3ccco3)no2)CCCCC1. The van der Waals surface area contributed by atoms with E-state index in [9.17, 15) is 0 Å². The van der Waals surface area contributed by atoms with E-state index in [1.807, 2.05) is 12.1 Å². The minimum absolute atomic E-state index is 0.129. The second kappa shape index (κ2) is 4.57. The van der Waals surface area contributed by atoms with Gasteiger partial charge in [0.1, 0.15) is 0 Å². The van der Waals surface area contributed by atoms with Gasteiger partial charge < -0.3 is 14.7 Å². The summed E-state index contributed by atoms with van der Waals surface area (Å²) in [5, 5.41) is 3.99. The Balaban J connectivity index is 1.92. The minimum atomic E-state index is -0.129. The van der Waals surface area contributed by atoms with Gasteiger partial charge in [-0.05, 0) is 25.0 Å². The number of aromatic nitrogens is 2. The normalized spacial score (nSPS) is 18.9. The smallest absolute Gasteiger partial charge is 0.238 e. The van der Waals surface area contributed by atoms with Gasteiger partial charge in [0.15, 0.2) is 5.76 Å². The van der Waals surface area contributed by atoms with E-state index >= 15 is 0 Å². The zero-order valence-corrected chi connectivity index (χ0v) is 10.3. The molecule has 2 aromatic rings. The van der Waals surface area contributed by atoms with Crippen LogP contribution in [0.4, 0.5) is 0 Å². The summed E-state index contributed by atoms with van der Waals surface area (Å²) in [5.74, 6) is 1.80. The van der Waals surface area contributed by atoms with Crippen molar-refractivity contribution in [2.45, 2.75) is 37.5 Å². The van der Waals surface area contributed by atoms with Crippen molar-refractivity contribution < 1.29 is 8.94 Å². The molecule has 0 atom stereocenters. The molecule has 2 heterocycles. The summed E-state index contributed by atoms with van der Waals surface area (Å²) in [4.78, 5) is 4.47. The van der Waals surface area contributed by atoms with Crippen LogP contribution in [-0.2, 0) is 5.41 Å². The van der Waals surface area contributed by atoms with Crippen molar-refractivity contribution in [2.24, 2.45) is 5.73 Å². The van der Waals surface area contributed by atoms with Gasteiger partial charge in [-0.25, -0.2) is 0 Å². The fraction of sp³-hybridized carbons (Fsp3) is 0.538. The molecule has 5 nitrogen and oxygen atoms in total. The van der Waals surface area contributed by atoms with Gasteiger partial charge in [-0.2, -0.15) is 4.98 Å². The van der Waals surface area contributed by atoms with Crippen LogP contribution >= 0.6 is 0 Å². The maximum Gasteiger partial charge on any atom is 0.238 e. The summed E-state index contributed by atoms with van der Waals surface area (Å²) < 4.78 is 10.7. The van der Waals surface area contributed by atoms with Crippen LogP contribution in [0.5, 0.6) is 0 Å². The lowest BCUT2D eigenvalue weighted by molar-refractivity contribution is 0.220. The summed E-state index contributed by atoms with van der Waals surface area (Å²) in [7, 11) is 0. The molecular weight excluding hydrogens is 230 g/mol. The van der Waals surface area contributed by atoms with E-state index in [1.54, 1.807) is 6.26 Å². The van der Waals surface area contributed by atoms with Gasteiger partial charge in [-0.1, -0.05) is 24.4 Å². The van der Waals surface area contributed by atoms with Gasteiger partial charge in [-0.3, -0.25) is 0 Å². The largest absolute Gasteiger partial charge is 0.461 e. The highest BCUT2D eigenvalue weighted by atomic mass is 16.5. The Hall–Kier alpha value is -1.62. The fourth-order valence-electron chi connectivity index (χ4n) is 2.68. The highest BCUT2D eigenvalue weighted by Gasteiger charge is 2.38. The van der Waals surface area contributed by atoms with Crippen molar-refractivity contribution in [3.63, 3.8) is 0 Å². The van der Waals surface area contributed by atoms with Crippen LogP contribution in [0.15, 0.2) is 27.3 Å². The molecule has 0 saturated heterocycles. The van der Waals surface area contributed by atoms with Gasteiger partial charge in [0, 0.05) is 6.54 Å². The first-order valence-corrected chi connectivity index (χ1v) is 6.42. The van der Waals surface area contributed by atoms with E-state index in [0.717, 1.165) is 12.8 Å². The van der Waals surface area contributed by atoms with Crippen LogP contribution in [0.2, 0.25) is 0 Å². The van der Waals surface area contributed by atoms with Gasteiger partial charge in [0.05, 0.1) is 11.7 Å². The molecule has 1 aliphatic carbocycles. The van der Waals surface area contributed by atoms with Gasteiger partial charge in [-0.15, -0.1) is 0 Å². The van der Waals surface area contributed by atoms with Gasteiger partial charge >= 0.3 is 0 Å². The highest BCUT2D eigenvalue weighted by Crippen LogP contribution is 2.38. The van der Waals surface area contributed by atoms with E-state index in [2.05, 4.69) is 10.1 Å². The summed E-state index contributed by atoms with van der Waals surface area (Å²) in [5.41, 5.74) is 5.82. The van der Waals surface area contributed by atoms with Crippen LogP contribution in [0.25, 0.3) is 11.6 Å². The third-order valence-electron chi connectivity index (χ3n) is 3.82. The van der Waals surface area contributed by atoms with Crippen LogP contribution in [0.1, 0.15) is 38.0 Å². The Morgan fingerprint density at radius 2 is 2.11 bits per heavy atom. The predicted octanol–water partition coefficient (Wildman–Crippen LogP) is 2.49. The number of nitrogens with two attached hydrogens (primary N) is 1. The summed E-state index contributed by atoms with van der Waals surface area (Å²) in [6.07, 6.45) is 7.28. The molecule has 1 fully saturated rings. The summed E-state index contributed by atoms with van der Waals surface area (Å²) in [6.45, 7) is 0.562. The molecule has 0 amide bonds. The van der Waals surface area contributed by atoms with E-state index in [1.165, 1.54) is 19.3 Å². The molecule has 18 heavy (non-hydrogen) atoms. The first-order chi connectivity index (χ1) is 8.84. The molecule has 3 rings (SSSR count). The Kier molecular flexibility index (Phi) is 2.91. The van der Waals surface area contributed by atoms with Crippen molar-refractivity contribution in [1.29, 1.82) is 0 Å². The van der Waals surface area contributed by atoms with Crippen LogP contribution in [-0.4, -0.2) is 16.7 Å². The molecule has 5 heteroatoms. The molecule has 2 aromatic heterocycles. The second-order valence-corrected chi connectivity index (χ2v) is 4.95. The molecule has 0 bridgehead atoms. The number of hydrogen-bond acceptors (Lipinski definition) is 5. The van der Waals surface area contributed by atoms with E-state index < -0.39 is 0 Å². The first kappa shape index (κ1) is 11.5. The van der Waals surface area contributed by atoms with Crippen molar-refractivity contribution in [3.05, 3.63) is 24.3 Å². The lowest BCUT2D eigenvalue weighted by Gasteiger charge is -2.32. The molecule has 0 radical (unpaired) electrons. The highest BCUT2D eigenvalue weighted by molar-refractivity contribution is 5.45.